The molecule has 5 aromatic rings. The second-order valence-electron chi connectivity index (χ2n) is 12.0. The molecule has 3 fully saturated rings. The molecule has 3 saturated heterocycles. The molecule has 2 aromatic carbocycles. The summed E-state index contributed by atoms with van der Waals surface area (Å²) in [5.41, 5.74) is 1.96. The van der Waals surface area contributed by atoms with E-state index < -0.39 is 5.82 Å². The number of hydrogen-bond acceptors (Lipinski definition) is 8. The number of nitrogens with one attached hydrogen (secondary N) is 1. The number of nitrogens with zero attached hydrogens (tertiary/aromatic N) is 7. The molecular formula is C32H32ClFN8O. The minimum Gasteiger partial charge on any atom is -0.461 e. The first kappa shape index (κ1) is 26.7. The van der Waals surface area contributed by atoms with Crippen molar-refractivity contribution < 1.29 is 9.13 Å². The molecule has 0 aliphatic carbocycles. The Morgan fingerprint density at radius 1 is 1.05 bits per heavy atom. The van der Waals surface area contributed by atoms with Crippen molar-refractivity contribution in [2.24, 2.45) is 0 Å². The third-order valence-corrected chi connectivity index (χ3v) is 9.92. The molecule has 3 aromatic heterocycles. The van der Waals surface area contributed by atoms with Crippen molar-refractivity contribution >= 4 is 39.1 Å². The van der Waals surface area contributed by atoms with E-state index >= 15 is 4.39 Å². The quantitative estimate of drug-likeness (QED) is 0.249. The van der Waals surface area contributed by atoms with E-state index in [1.165, 1.54) is 12.8 Å². The van der Waals surface area contributed by atoms with Gasteiger partial charge in [-0.3, -0.25) is 15.0 Å². The number of aromatic amines is 1. The Balaban J connectivity index is 1.24. The molecule has 1 unspecified atom stereocenters. The number of halogens is 2. The van der Waals surface area contributed by atoms with Gasteiger partial charge < -0.3 is 9.64 Å². The fourth-order valence-corrected chi connectivity index (χ4v) is 7.77. The Morgan fingerprint density at radius 2 is 1.88 bits per heavy atom. The summed E-state index contributed by atoms with van der Waals surface area (Å²) in [4.78, 5) is 19.0. The molecule has 0 radical (unpaired) electrons. The van der Waals surface area contributed by atoms with Gasteiger partial charge in [-0.2, -0.15) is 9.97 Å². The highest BCUT2D eigenvalue weighted by Crippen LogP contribution is 2.41. The fraction of sp³-hybridized carbons (Fsp3) is 0.406. The zero-order valence-electron chi connectivity index (χ0n) is 23.8. The van der Waals surface area contributed by atoms with Gasteiger partial charge in [-0.25, -0.2) is 4.39 Å². The van der Waals surface area contributed by atoms with E-state index in [-0.39, 0.29) is 28.7 Å². The largest absolute Gasteiger partial charge is 0.461 e. The molecule has 3 aliphatic rings. The van der Waals surface area contributed by atoms with E-state index in [0.29, 0.717) is 34.9 Å². The lowest BCUT2D eigenvalue weighted by Gasteiger charge is -2.34. The van der Waals surface area contributed by atoms with Gasteiger partial charge in [0.15, 0.2) is 5.82 Å². The summed E-state index contributed by atoms with van der Waals surface area (Å²) in [5, 5.41) is 13.8. The number of pyridine rings is 1. The monoisotopic (exact) mass is 598 g/mol. The van der Waals surface area contributed by atoms with Gasteiger partial charge in [0.05, 0.1) is 16.6 Å². The Hall–Kier alpha value is -3.89. The van der Waals surface area contributed by atoms with E-state index in [4.69, 9.17) is 26.3 Å². The van der Waals surface area contributed by atoms with Gasteiger partial charge in [0.1, 0.15) is 23.6 Å². The van der Waals surface area contributed by atoms with Crippen LogP contribution >= 0.6 is 11.6 Å². The molecule has 11 heteroatoms. The first-order valence-electron chi connectivity index (χ1n) is 15.1. The molecule has 8 rings (SSSR count). The van der Waals surface area contributed by atoms with Gasteiger partial charge in [0, 0.05) is 47.4 Å². The highest BCUT2D eigenvalue weighted by Gasteiger charge is 2.45. The number of ether oxygens (including phenoxy) is 1. The predicted octanol–water partition coefficient (Wildman–Crippen LogP) is 6.15. The SMILES string of the molecule is Fc1c(-c2cccc3cccc(Cl)c23)ncc2c(N3CCCC(c4c[nH]nn4)C3)nc(OCC34CCCN3CCC4)nc12. The molecule has 0 amide bonds. The van der Waals surface area contributed by atoms with E-state index in [9.17, 15) is 0 Å². The van der Waals surface area contributed by atoms with Crippen LogP contribution in [0.1, 0.15) is 50.1 Å². The Morgan fingerprint density at radius 3 is 2.70 bits per heavy atom. The number of aromatic nitrogens is 6. The van der Waals surface area contributed by atoms with Crippen molar-refractivity contribution in [2.75, 3.05) is 37.7 Å². The predicted molar refractivity (Wildman–Crippen MR) is 164 cm³/mol. The van der Waals surface area contributed by atoms with E-state index in [1.54, 1.807) is 6.20 Å². The third-order valence-electron chi connectivity index (χ3n) is 9.61. The van der Waals surface area contributed by atoms with E-state index in [0.717, 1.165) is 61.8 Å². The summed E-state index contributed by atoms with van der Waals surface area (Å²) in [6.07, 6.45) is 10.0. The Bertz CT molecular complexity index is 1800. The van der Waals surface area contributed by atoms with Crippen LogP contribution in [-0.2, 0) is 0 Å². The van der Waals surface area contributed by atoms with Crippen molar-refractivity contribution in [3.8, 4) is 17.3 Å². The molecule has 1 N–H and O–H groups in total. The Kier molecular flexibility index (Phi) is 6.63. The van der Waals surface area contributed by atoms with Crippen LogP contribution < -0.4 is 9.64 Å². The molecule has 0 saturated carbocycles. The average molecular weight is 599 g/mol. The van der Waals surface area contributed by atoms with Crippen LogP contribution in [0.25, 0.3) is 32.9 Å². The van der Waals surface area contributed by atoms with Gasteiger partial charge in [-0.1, -0.05) is 47.1 Å². The van der Waals surface area contributed by atoms with Gasteiger partial charge in [0.2, 0.25) is 0 Å². The summed E-state index contributed by atoms with van der Waals surface area (Å²) in [6.45, 7) is 4.15. The minimum atomic E-state index is -0.509. The molecular weight excluding hydrogens is 567 g/mol. The lowest BCUT2D eigenvalue weighted by Crippen LogP contribution is -2.43. The summed E-state index contributed by atoms with van der Waals surface area (Å²) in [5.74, 6) is 0.306. The number of piperidine rings is 1. The maximum atomic E-state index is 16.7. The van der Waals surface area contributed by atoms with Crippen molar-refractivity contribution in [3.05, 3.63) is 65.3 Å². The summed E-state index contributed by atoms with van der Waals surface area (Å²) in [7, 11) is 0. The fourth-order valence-electron chi connectivity index (χ4n) is 7.49. The number of anilines is 1. The van der Waals surface area contributed by atoms with Crippen LogP contribution in [0.5, 0.6) is 6.01 Å². The standard InChI is InChI=1S/C32H32ClFN8O/c33-24-10-2-7-20-6-1-9-22(26(20)24)28-27(34)29-23(16-35-28)30(41-13-3-8-21(18-41)25-17-36-40-39-25)38-31(37-29)43-19-32-11-4-14-42(32)15-5-12-32/h1-2,6-7,9-10,16-17,21H,3-5,8,11-15,18-19H2,(H,36,39,40). The van der Waals surface area contributed by atoms with Crippen LogP contribution in [0.15, 0.2) is 48.8 Å². The van der Waals surface area contributed by atoms with E-state index in [2.05, 4.69) is 30.2 Å². The van der Waals surface area contributed by atoms with Crippen LogP contribution in [0, 0.1) is 5.82 Å². The first-order chi connectivity index (χ1) is 21.1. The normalized spacial score (nSPS) is 20.2. The minimum absolute atomic E-state index is 0.0172. The molecule has 0 bridgehead atoms. The summed E-state index contributed by atoms with van der Waals surface area (Å²) < 4.78 is 23.1. The number of benzene rings is 2. The zero-order chi connectivity index (χ0) is 29.0. The topological polar surface area (TPSA) is 96.0 Å². The van der Waals surface area contributed by atoms with Gasteiger partial charge in [0.25, 0.3) is 0 Å². The lowest BCUT2D eigenvalue weighted by atomic mass is 9.95. The number of hydrogen-bond donors (Lipinski definition) is 1. The smallest absolute Gasteiger partial charge is 0.319 e. The van der Waals surface area contributed by atoms with Gasteiger partial charge in [-0.15, -0.1) is 5.10 Å². The highest BCUT2D eigenvalue weighted by atomic mass is 35.5. The average Bonchev–Trinajstić information content (AvgIpc) is 3.79. The van der Waals surface area contributed by atoms with Crippen molar-refractivity contribution in [2.45, 2.75) is 50.0 Å². The second kappa shape index (κ2) is 10.7. The maximum Gasteiger partial charge on any atom is 0.319 e. The molecule has 0 spiro atoms. The second-order valence-corrected chi connectivity index (χ2v) is 12.5. The molecule has 43 heavy (non-hydrogen) atoms. The van der Waals surface area contributed by atoms with Gasteiger partial charge in [-0.05, 0) is 63.1 Å². The first-order valence-corrected chi connectivity index (χ1v) is 15.5. The third kappa shape index (κ3) is 4.58. The molecule has 6 heterocycles. The van der Waals surface area contributed by atoms with Crippen LogP contribution in [0.3, 0.4) is 0 Å². The molecule has 1 atom stereocenters. The summed E-state index contributed by atoms with van der Waals surface area (Å²) in [6, 6.07) is 11.6. The van der Waals surface area contributed by atoms with Crippen molar-refractivity contribution in [1.29, 1.82) is 0 Å². The summed E-state index contributed by atoms with van der Waals surface area (Å²) >= 11 is 6.62. The van der Waals surface area contributed by atoms with Gasteiger partial charge >= 0.3 is 6.01 Å². The molecule has 9 nitrogen and oxygen atoms in total. The van der Waals surface area contributed by atoms with Crippen LogP contribution in [0.4, 0.5) is 10.2 Å². The van der Waals surface area contributed by atoms with Crippen molar-refractivity contribution in [3.63, 3.8) is 0 Å². The lowest BCUT2D eigenvalue weighted by molar-refractivity contribution is 0.108. The van der Waals surface area contributed by atoms with Crippen molar-refractivity contribution in [1.82, 2.24) is 35.3 Å². The number of H-pyrrole nitrogens is 1. The molecule has 220 valence electrons. The highest BCUT2D eigenvalue weighted by molar-refractivity contribution is 6.36. The number of fused-ring (bicyclic) bond motifs is 3. The van der Waals surface area contributed by atoms with E-state index in [1.807, 2.05) is 42.6 Å². The Labute approximate surface area is 253 Å². The number of rotatable bonds is 6. The van der Waals surface area contributed by atoms with Crippen LogP contribution in [0.2, 0.25) is 5.02 Å². The van der Waals surface area contributed by atoms with Crippen LogP contribution in [-0.4, -0.2) is 73.6 Å². The zero-order valence-corrected chi connectivity index (χ0v) is 24.5. The maximum absolute atomic E-state index is 16.7. The molecule has 3 aliphatic heterocycles.